The first kappa shape index (κ1) is 20.0. The number of amides is 1. The largest absolute Gasteiger partial charge is 0.493 e. The average molecular weight is 382 g/mol. The van der Waals surface area contributed by atoms with Gasteiger partial charge in [0.15, 0.2) is 5.84 Å². The molecule has 0 saturated carbocycles. The highest BCUT2D eigenvalue weighted by Crippen LogP contribution is 2.30. The Morgan fingerprint density at radius 2 is 2.04 bits per heavy atom. The Kier molecular flexibility index (Phi) is 6.12. The van der Waals surface area contributed by atoms with Crippen LogP contribution in [-0.2, 0) is 15.0 Å². The second kappa shape index (κ2) is 7.94. The van der Waals surface area contributed by atoms with Gasteiger partial charge in [0.2, 0.25) is 5.91 Å². The zero-order valence-corrected chi connectivity index (χ0v) is 16.1. The van der Waals surface area contributed by atoms with Gasteiger partial charge in [-0.3, -0.25) is 9.52 Å². The summed E-state index contributed by atoms with van der Waals surface area (Å²) in [6, 6.07) is 5.00. The minimum Gasteiger partial charge on any atom is -0.493 e. The summed E-state index contributed by atoms with van der Waals surface area (Å²) in [6.45, 7) is 7.09. The van der Waals surface area contributed by atoms with Gasteiger partial charge in [-0.1, -0.05) is 26.8 Å². The predicted molar refractivity (Wildman–Crippen MR) is 102 cm³/mol. The molecule has 0 unspecified atom stereocenters. The number of nitrogens with zero attached hydrogens (tertiary/aromatic N) is 1. The molecule has 26 heavy (non-hydrogen) atoms. The zero-order valence-electron chi connectivity index (χ0n) is 15.3. The lowest BCUT2D eigenvalue weighted by molar-refractivity contribution is -0.122. The van der Waals surface area contributed by atoms with Crippen molar-refractivity contribution < 1.29 is 17.9 Å². The molecule has 0 atom stereocenters. The SMILES string of the molecule is CC(C)(C)CC(=O)NCCCCOc1cccc2c1C(N)=NS(=O)(=O)N2. The summed E-state index contributed by atoms with van der Waals surface area (Å²) in [5.74, 6) is 0.429. The molecule has 1 aromatic carbocycles. The third-order valence-corrected chi connectivity index (χ3v) is 4.50. The van der Waals surface area contributed by atoms with Crippen molar-refractivity contribution in [3.05, 3.63) is 23.8 Å². The molecule has 9 heteroatoms. The number of rotatable bonds is 7. The standard InChI is InChI=1S/C17H26N4O4S/c1-17(2,3)11-14(22)19-9-4-5-10-25-13-8-6-7-12-15(13)16(18)21-26(23,24)20-12/h6-8,20H,4-5,9-11H2,1-3H3,(H2,18,21)(H,19,22). The van der Waals surface area contributed by atoms with Gasteiger partial charge in [0.1, 0.15) is 5.75 Å². The monoisotopic (exact) mass is 382 g/mol. The topological polar surface area (TPSA) is 123 Å². The Hall–Kier alpha value is -2.29. The molecule has 1 amide bonds. The quantitative estimate of drug-likeness (QED) is 0.620. The van der Waals surface area contributed by atoms with E-state index in [-0.39, 0.29) is 17.2 Å². The van der Waals surface area contributed by atoms with Crippen LogP contribution in [0.4, 0.5) is 5.69 Å². The first-order valence-corrected chi connectivity index (χ1v) is 9.92. The molecule has 0 aliphatic carbocycles. The Bertz CT molecular complexity index is 797. The van der Waals surface area contributed by atoms with Crippen molar-refractivity contribution >= 4 is 27.6 Å². The zero-order chi connectivity index (χ0) is 19.4. The van der Waals surface area contributed by atoms with E-state index in [2.05, 4.69) is 14.4 Å². The van der Waals surface area contributed by atoms with Crippen molar-refractivity contribution in [3.63, 3.8) is 0 Å². The molecular formula is C17H26N4O4S. The smallest absolute Gasteiger partial charge is 0.344 e. The molecule has 1 aliphatic rings. The molecule has 0 bridgehead atoms. The maximum Gasteiger partial charge on any atom is 0.344 e. The molecule has 4 N–H and O–H groups in total. The summed E-state index contributed by atoms with van der Waals surface area (Å²) >= 11 is 0. The highest BCUT2D eigenvalue weighted by molar-refractivity contribution is 7.91. The van der Waals surface area contributed by atoms with Crippen LogP contribution in [0.25, 0.3) is 0 Å². The second-order valence-electron chi connectivity index (χ2n) is 7.38. The first-order chi connectivity index (χ1) is 12.1. The fourth-order valence-corrected chi connectivity index (χ4v) is 3.36. The molecule has 1 heterocycles. The molecule has 144 valence electrons. The summed E-state index contributed by atoms with van der Waals surface area (Å²) in [5, 5.41) is 2.89. The van der Waals surface area contributed by atoms with Gasteiger partial charge in [0.05, 0.1) is 17.9 Å². The van der Waals surface area contributed by atoms with Gasteiger partial charge >= 0.3 is 10.2 Å². The highest BCUT2D eigenvalue weighted by Gasteiger charge is 2.24. The van der Waals surface area contributed by atoms with Crippen LogP contribution < -0.4 is 20.5 Å². The normalized spacial score (nSPS) is 15.4. The van der Waals surface area contributed by atoms with Crippen molar-refractivity contribution in [2.75, 3.05) is 17.9 Å². The Morgan fingerprint density at radius 1 is 1.31 bits per heavy atom. The molecule has 0 fully saturated rings. The summed E-state index contributed by atoms with van der Waals surface area (Å²) in [5.41, 5.74) is 6.53. The fraction of sp³-hybridized carbons (Fsp3) is 0.529. The number of ether oxygens (including phenoxy) is 1. The molecule has 0 aromatic heterocycles. The fourth-order valence-electron chi connectivity index (χ4n) is 2.52. The third-order valence-electron chi connectivity index (χ3n) is 3.58. The van der Waals surface area contributed by atoms with Gasteiger partial charge in [-0.15, -0.1) is 4.40 Å². The molecule has 0 spiro atoms. The third kappa shape index (κ3) is 5.91. The molecule has 1 aromatic rings. The molecule has 0 saturated heterocycles. The lowest BCUT2D eigenvalue weighted by Crippen LogP contribution is -2.28. The van der Waals surface area contributed by atoms with E-state index >= 15 is 0 Å². The van der Waals surface area contributed by atoms with E-state index in [4.69, 9.17) is 10.5 Å². The van der Waals surface area contributed by atoms with Crippen LogP contribution in [0, 0.1) is 5.41 Å². The van der Waals surface area contributed by atoms with Gasteiger partial charge in [0.25, 0.3) is 0 Å². The van der Waals surface area contributed by atoms with E-state index in [1.165, 1.54) is 0 Å². The number of hydrogen-bond acceptors (Lipinski definition) is 5. The number of nitrogens with two attached hydrogens (primary N) is 1. The Labute approximate surface area is 154 Å². The van der Waals surface area contributed by atoms with Gasteiger partial charge in [-0.05, 0) is 30.4 Å². The summed E-state index contributed by atoms with van der Waals surface area (Å²) in [7, 11) is -3.80. The molecule has 2 rings (SSSR count). The Morgan fingerprint density at radius 3 is 2.73 bits per heavy atom. The van der Waals surface area contributed by atoms with Gasteiger partial charge in [0, 0.05) is 13.0 Å². The molecule has 1 aliphatic heterocycles. The summed E-state index contributed by atoms with van der Waals surface area (Å²) < 4.78 is 34.6. The number of unbranched alkanes of at least 4 members (excludes halogenated alkanes) is 1. The van der Waals surface area contributed by atoms with E-state index in [0.717, 1.165) is 12.8 Å². The highest BCUT2D eigenvalue weighted by atomic mass is 32.2. The number of fused-ring (bicyclic) bond motifs is 1. The van der Waals surface area contributed by atoms with Crippen LogP contribution in [0.5, 0.6) is 5.75 Å². The number of nitrogens with one attached hydrogen (secondary N) is 2. The lowest BCUT2D eigenvalue weighted by atomic mass is 9.92. The number of carbonyl (C=O) groups excluding carboxylic acids is 1. The van der Waals surface area contributed by atoms with Crippen LogP contribution in [0.2, 0.25) is 0 Å². The predicted octanol–water partition coefficient (Wildman–Crippen LogP) is 1.77. The molecule has 8 nitrogen and oxygen atoms in total. The number of amidine groups is 1. The molecule has 0 radical (unpaired) electrons. The average Bonchev–Trinajstić information content (AvgIpc) is 2.47. The summed E-state index contributed by atoms with van der Waals surface area (Å²) in [6.07, 6.45) is 2.01. The Balaban J connectivity index is 1.81. The lowest BCUT2D eigenvalue weighted by Gasteiger charge is -2.19. The van der Waals surface area contributed by atoms with E-state index in [1.54, 1.807) is 18.2 Å². The number of anilines is 1. The van der Waals surface area contributed by atoms with E-state index in [0.29, 0.717) is 36.6 Å². The van der Waals surface area contributed by atoms with E-state index < -0.39 is 10.2 Å². The van der Waals surface area contributed by atoms with Crippen LogP contribution in [0.15, 0.2) is 22.6 Å². The van der Waals surface area contributed by atoms with Gasteiger partial charge in [-0.2, -0.15) is 8.42 Å². The van der Waals surface area contributed by atoms with Gasteiger partial charge in [-0.25, -0.2) is 0 Å². The van der Waals surface area contributed by atoms with Crippen LogP contribution >= 0.6 is 0 Å². The van der Waals surface area contributed by atoms with Crippen LogP contribution in [-0.4, -0.2) is 33.3 Å². The summed E-state index contributed by atoms with van der Waals surface area (Å²) in [4.78, 5) is 11.7. The number of hydrogen-bond donors (Lipinski definition) is 3. The number of carbonyl (C=O) groups is 1. The van der Waals surface area contributed by atoms with Crippen LogP contribution in [0.3, 0.4) is 0 Å². The van der Waals surface area contributed by atoms with Crippen molar-refractivity contribution in [1.82, 2.24) is 5.32 Å². The first-order valence-electron chi connectivity index (χ1n) is 8.48. The van der Waals surface area contributed by atoms with E-state index in [9.17, 15) is 13.2 Å². The van der Waals surface area contributed by atoms with Gasteiger partial charge < -0.3 is 15.8 Å². The van der Waals surface area contributed by atoms with Crippen LogP contribution in [0.1, 0.15) is 45.6 Å². The second-order valence-corrected chi connectivity index (χ2v) is 8.71. The van der Waals surface area contributed by atoms with Crippen molar-refractivity contribution in [1.29, 1.82) is 0 Å². The van der Waals surface area contributed by atoms with E-state index in [1.807, 2.05) is 20.8 Å². The maximum absolute atomic E-state index is 11.7. The van der Waals surface area contributed by atoms with Crippen molar-refractivity contribution in [3.8, 4) is 5.75 Å². The van der Waals surface area contributed by atoms with Crippen molar-refractivity contribution in [2.24, 2.45) is 15.5 Å². The van der Waals surface area contributed by atoms with Crippen molar-refractivity contribution in [2.45, 2.75) is 40.0 Å². The molecular weight excluding hydrogens is 356 g/mol. The minimum absolute atomic E-state index is 0.0252. The number of benzene rings is 1. The maximum atomic E-state index is 11.7. The minimum atomic E-state index is -3.80.